The number of carbonyl (C=O) groups is 2. The van der Waals surface area contributed by atoms with Crippen molar-refractivity contribution >= 4 is 76.5 Å². The van der Waals surface area contributed by atoms with Gasteiger partial charge in [-0.15, -0.1) is 37.2 Å². The van der Waals surface area contributed by atoms with Gasteiger partial charge >= 0.3 is 6.09 Å². The van der Waals surface area contributed by atoms with Crippen LogP contribution in [-0.2, 0) is 25.2 Å². The molecule has 49 heavy (non-hydrogen) atoms. The fraction of sp³-hybridized carbons (Fsp3) is 0.406. The average Bonchev–Trinajstić information content (AvgIpc) is 3.32. The zero-order chi connectivity index (χ0) is 32.6. The highest BCUT2D eigenvalue weighted by Gasteiger charge is 2.61. The summed E-state index contributed by atoms with van der Waals surface area (Å²) in [6.07, 6.45) is 2.83. The maximum Gasteiger partial charge on any atom is 0.411 e. The van der Waals surface area contributed by atoms with Crippen molar-refractivity contribution in [3.05, 3.63) is 77.1 Å². The summed E-state index contributed by atoms with van der Waals surface area (Å²) < 4.78 is 46.2. The van der Waals surface area contributed by atoms with Gasteiger partial charge in [0, 0.05) is 55.1 Å². The molecule has 0 N–H and O–H groups in total. The highest BCUT2D eigenvalue weighted by atomic mass is 35.5. The van der Waals surface area contributed by atoms with Crippen molar-refractivity contribution in [2.75, 3.05) is 64.8 Å². The number of halogens is 4. The van der Waals surface area contributed by atoms with E-state index >= 15 is 0 Å². The number of anilines is 1. The van der Waals surface area contributed by atoms with E-state index in [2.05, 4.69) is 21.8 Å². The van der Waals surface area contributed by atoms with Crippen LogP contribution in [0.25, 0.3) is 0 Å². The number of sulfonamides is 1. The molecule has 2 aromatic carbocycles. The first-order valence-corrected chi connectivity index (χ1v) is 16.9. The number of hydrogen-bond acceptors (Lipinski definition) is 10. The van der Waals surface area contributed by atoms with Crippen LogP contribution in [0.1, 0.15) is 24.1 Å². The van der Waals surface area contributed by atoms with E-state index in [9.17, 15) is 18.0 Å². The average molecular weight is 780 g/mol. The number of pyridine rings is 1. The van der Waals surface area contributed by atoms with Crippen molar-refractivity contribution in [2.45, 2.75) is 29.4 Å². The number of hydrogen-bond donors (Lipinski definition) is 0. The number of fused-ring (bicyclic) bond motifs is 1. The summed E-state index contributed by atoms with van der Waals surface area (Å²) in [6.45, 7) is 4.18. The van der Waals surface area contributed by atoms with Crippen LogP contribution >= 0.6 is 48.8 Å². The third-order valence-electron chi connectivity index (χ3n) is 8.97. The molecule has 1 aromatic heterocycles. The van der Waals surface area contributed by atoms with Crippen molar-refractivity contribution in [1.82, 2.24) is 19.7 Å². The molecule has 1 unspecified atom stereocenters. The second-order valence-electron chi connectivity index (χ2n) is 11.6. The number of piperazine rings is 1. The zero-order valence-electron chi connectivity index (χ0n) is 27.1. The van der Waals surface area contributed by atoms with Gasteiger partial charge in [-0.05, 0) is 75.4 Å². The van der Waals surface area contributed by atoms with Gasteiger partial charge in [0.15, 0.2) is 0 Å². The number of methoxy groups -OCH3 is 2. The van der Waals surface area contributed by atoms with Crippen molar-refractivity contribution in [1.29, 1.82) is 0 Å². The third kappa shape index (κ3) is 7.39. The van der Waals surface area contributed by atoms with E-state index in [4.69, 9.17) is 25.8 Å². The van der Waals surface area contributed by atoms with Crippen LogP contribution in [0.2, 0.25) is 5.02 Å². The van der Waals surface area contributed by atoms with Crippen molar-refractivity contribution in [2.24, 2.45) is 0 Å². The third-order valence-corrected chi connectivity index (χ3v) is 10.9. The Labute approximate surface area is 309 Å². The van der Waals surface area contributed by atoms with Crippen molar-refractivity contribution in [3.8, 4) is 11.5 Å². The molecule has 12 nitrogen and oxygen atoms in total. The van der Waals surface area contributed by atoms with Crippen LogP contribution in [-0.4, -0.2) is 107 Å². The Balaban J connectivity index is 0.00000217. The molecule has 0 spiro atoms. The normalized spacial score (nSPS) is 20.0. The molecule has 0 radical (unpaired) electrons. The minimum Gasteiger partial charge on any atom is -0.497 e. The van der Waals surface area contributed by atoms with E-state index in [-0.39, 0.29) is 69.8 Å². The predicted octanol–water partition coefficient (Wildman–Crippen LogP) is 4.85. The van der Waals surface area contributed by atoms with Gasteiger partial charge in [-0.2, -0.15) is 4.31 Å². The lowest BCUT2D eigenvalue weighted by atomic mass is 9.91. The summed E-state index contributed by atoms with van der Waals surface area (Å²) in [6, 6.07) is 13.8. The molecule has 3 aromatic rings. The number of benzene rings is 2. The maximum atomic E-state index is 14.7. The Kier molecular flexibility index (Phi) is 13.5. The lowest BCUT2D eigenvalue weighted by molar-refractivity contribution is -0.132. The number of carbonyl (C=O) groups excluding carboxylic acids is 2. The number of likely N-dealkylation sites (tertiary alicyclic amines) is 1. The predicted molar refractivity (Wildman–Crippen MR) is 193 cm³/mol. The van der Waals surface area contributed by atoms with Crippen LogP contribution in [0.3, 0.4) is 0 Å². The second kappa shape index (κ2) is 16.3. The van der Waals surface area contributed by atoms with E-state index in [0.717, 1.165) is 25.9 Å². The zero-order valence-corrected chi connectivity index (χ0v) is 31.1. The Morgan fingerprint density at radius 3 is 2.22 bits per heavy atom. The first-order valence-electron chi connectivity index (χ1n) is 15.0. The maximum absolute atomic E-state index is 14.7. The molecular weight excluding hydrogens is 740 g/mol. The molecule has 17 heteroatoms. The largest absolute Gasteiger partial charge is 0.497 e. The van der Waals surface area contributed by atoms with Crippen LogP contribution in [0.5, 0.6) is 11.5 Å². The molecule has 4 heterocycles. The Bertz CT molecular complexity index is 1740. The van der Waals surface area contributed by atoms with E-state index in [1.807, 2.05) is 0 Å². The van der Waals surface area contributed by atoms with Crippen LogP contribution in [0.4, 0.5) is 10.5 Å². The van der Waals surface area contributed by atoms with Gasteiger partial charge in [0.25, 0.3) is 21.5 Å². The highest BCUT2D eigenvalue weighted by molar-refractivity contribution is 7.93. The van der Waals surface area contributed by atoms with Gasteiger partial charge < -0.3 is 24.0 Å². The Morgan fingerprint density at radius 2 is 1.61 bits per heavy atom. The lowest BCUT2D eigenvalue weighted by Gasteiger charge is -2.42. The van der Waals surface area contributed by atoms with E-state index < -0.39 is 27.6 Å². The van der Waals surface area contributed by atoms with Crippen LogP contribution < -0.4 is 13.8 Å². The monoisotopic (exact) mass is 777 g/mol. The first-order chi connectivity index (χ1) is 22.1. The minimum absolute atomic E-state index is 0. The molecule has 0 aliphatic carbocycles. The summed E-state index contributed by atoms with van der Waals surface area (Å²) in [4.78, 5) is 39.1. The fourth-order valence-corrected chi connectivity index (χ4v) is 8.22. The Morgan fingerprint density at radius 1 is 0.918 bits per heavy atom. The van der Waals surface area contributed by atoms with Gasteiger partial charge in [-0.3, -0.25) is 14.7 Å². The number of rotatable bonds is 7. The Hall–Kier alpha value is -3.04. The van der Waals surface area contributed by atoms with E-state index in [0.29, 0.717) is 42.3 Å². The van der Waals surface area contributed by atoms with E-state index in [1.54, 1.807) is 17.0 Å². The standard InChI is InChI=1S/C32H36ClN5O7S.3ClH/c1-35-14-11-23(12-15-35)36-16-18-37(19-17-36)31(40)45-32(29-6-4-5-13-34-29)25-20-22(33)7-9-26(25)38(30(32)39)46(41,42)28-10-8-24(43-2)21-27(28)44-3;;;/h4-10,13,20-21,23H,11-12,14-19H2,1-3H3;3*1H. The van der Waals surface area contributed by atoms with Crippen LogP contribution in [0.15, 0.2) is 65.7 Å². The molecule has 2 saturated heterocycles. The first kappa shape index (κ1) is 40.4. The molecule has 2 fully saturated rings. The van der Waals surface area contributed by atoms with Gasteiger partial charge in [-0.25, -0.2) is 13.2 Å². The summed E-state index contributed by atoms with van der Waals surface area (Å²) in [7, 11) is 0.255. The molecule has 0 bridgehead atoms. The van der Waals surface area contributed by atoms with E-state index in [1.165, 1.54) is 62.9 Å². The molecule has 2 amide bonds. The summed E-state index contributed by atoms with van der Waals surface area (Å²) >= 11 is 6.44. The van der Waals surface area contributed by atoms with Crippen molar-refractivity contribution in [3.63, 3.8) is 0 Å². The SMILES string of the molecule is COc1ccc(S(=O)(=O)N2C(=O)C(OC(=O)N3CCN(C4CCN(C)CC4)CC3)(c3ccccn3)c3cc(Cl)ccc32)c(OC)c1.Cl.Cl.Cl. The number of amides is 2. The molecular formula is C32H39Cl4N5O7S. The molecule has 0 saturated carbocycles. The number of ether oxygens (including phenoxy) is 3. The quantitative estimate of drug-likeness (QED) is 0.330. The van der Waals surface area contributed by atoms with Gasteiger partial charge in [-0.1, -0.05) is 17.7 Å². The molecule has 3 aliphatic heterocycles. The van der Waals surface area contributed by atoms with Crippen molar-refractivity contribution < 1.29 is 32.2 Å². The number of aromatic nitrogens is 1. The smallest absolute Gasteiger partial charge is 0.411 e. The van der Waals surface area contributed by atoms with Gasteiger partial charge in [0.2, 0.25) is 0 Å². The highest BCUT2D eigenvalue weighted by Crippen LogP contribution is 2.50. The molecule has 6 rings (SSSR count). The topological polar surface area (TPSA) is 122 Å². The minimum atomic E-state index is -4.63. The van der Waals surface area contributed by atoms with Gasteiger partial charge in [0.05, 0.1) is 25.6 Å². The molecule has 268 valence electrons. The van der Waals surface area contributed by atoms with Crippen LogP contribution in [0, 0.1) is 0 Å². The van der Waals surface area contributed by atoms with Gasteiger partial charge in [0.1, 0.15) is 16.4 Å². The molecule has 3 aliphatic rings. The fourth-order valence-electron chi connectivity index (χ4n) is 6.45. The second-order valence-corrected chi connectivity index (χ2v) is 13.8. The lowest BCUT2D eigenvalue weighted by Crippen LogP contribution is -2.55. The number of piperidine rings is 1. The molecule has 1 atom stereocenters. The summed E-state index contributed by atoms with van der Waals surface area (Å²) in [5, 5.41) is 0.218. The summed E-state index contributed by atoms with van der Waals surface area (Å²) in [5.41, 5.74) is -2.13. The number of nitrogens with zero attached hydrogens (tertiary/aromatic N) is 5. The summed E-state index contributed by atoms with van der Waals surface area (Å²) in [5.74, 6) is -0.694.